The highest BCUT2D eigenvalue weighted by molar-refractivity contribution is 8.76. The number of aliphatic carboxylic acids is 1. The predicted molar refractivity (Wildman–Crippen MR) is 88.1 cm³/mol. The van der Waals surface area contributed by atoms with Crippen LogP contribution in [0.25, 0.3) is 0 Å². The first kappa shape index (κ1) is 19.2. The lowest BCUT2D eigenvalue weighted by atomic mass is 10.2. The number of esters is 1. The number of nitrogens with one attached hydrogen (secondary N) is 1. The summed E-state index contributed by atoms with van der Waals surface area (Å²) in [5.41, 5.74) is 0.803. The van der Waals surface area contributed by atoms with E-state index >= 15 is 0 Å². The molecule has 1 atom stereocenters. The highest BCUT2D eigenvalue weighted by atomic mass is 33.1. The fourth-order valence-electron chi connectivity index (χ4n) is 1.35. The molecule has 0 heterocycles. The number of alkyl carbamates (subject to hydrolysis) is 1. The molecule has 0 saturated carbocycles. The van der Waals surface area contributed by atoms with Gasteiger partial charge in [0.25, 0.3) is 0 Å². The van der Waals surface area contributed by atoms with Gasteiger partial charge in [0.05, 0.1) is 7.11 Å². The van der Waals surface area contributed by atoms with Crippen LogP contribution in [0.5, 0.6) is 0 Å². The number of rotatable bonds is 9. The van der Waals surface area contributed by atoms with E-state index in [1.807, 2.05) is 18.2 Å². The van der Waals surface area contributed by atoms with Gasteiger partial charge in [0.15, 0.2) is 0 Å². The highest BCUT2D eigenvalue weighted by Gasteiger charge is 2.21. The van der Waals surface area contributed by atoms with Gasteiger partial charge in [-0.1, -0.05) is 51.9 Å². The molecule has 0 aliphatic rings. The number of benzene rings is 1. The van der Waals surface area contributed by atoms with Crippen LogP contribution < -0.4 is 5.32 Å². The monoisotopic (exact) mass is 359 g/mol. The number of ether oxygens (including phenoxy) is 2. The first-order valence-electron chi connectivity index (χ1n) is 6.54. The fraction of sp³-hybridized carbons (Fsp3) is 0.357. The van der Waals surface area contributed by atoms with Crippen molar-refractivity contribution in [3.05, 3.63) is 35.9 Å². The van der Waals surface area contributed by atoms with Gasteiger partial charge in [-0.05, 0) is 5.56 Å². The summed E-state index contributed by atoms with van der Waals surface area (Å²) in [6.07, 6.45) is -0.806. The molecule has 1 rings (SSSR count). The molecule has 0 saturated heterocycles. The van der Waals surface area contributed by atoms with E-state index in [4.69, 9.17) is 9.84 Å². The van der Waals surface area contributed by atoms with Gasteiger partial charge in [-0.25, -0.2) is 9.59 Å². The molecule has 0 aromatic heterocycles. The second-order valence-corrected chi connectivity index (χ2v) is 6.73. The lowest BCUT2D eigenvalue weighted by Crippen LogP contribution is -2.42. The molecule has 1 unspecified atom stereocenters. The van der Waals surface area contributed by atoms with Crippen LogP contribution in [0.1, 0.15) is 5.56 Å². The van der Waals surface area contributed by atoms with Crippen molar-refractivity contribution in [2.24, 2.45) is 0 Å². The van der Waals surface area contributed by atoms with Crippen LogP contribution in [-0.4, -0.2) is 47.8 Å². The number of carbonyl (C=O) groups excluding carboxylic acids is 2. The predicted octanol–water partition coefficient (Wildman–Crippen LogP) is 1.92. The number of carboxylic acid groups (broad SMARTS) is 1. The summed E-state index contributed by atoms with van der Waals surface area (Å²) in [7, 11) is 3.59. The Hall–Kier alpha value is -1.87. The standard InChI is InChI=1S/C14H17NO6S2/c1-20-12(16)9-23-22-8-11(13(17)18)15-14(19)21-7-10-5-3-2-4-6-10/h2-6,11H,7-9H2,1H3,(H,15,19)(H,17,18). The van der Waals surface area contributed by atoms with Gasteiger partial charge in [0.2, 0.25) is 0 Å². The van der Waals surface area contributed by atoms with E-state index in [1.165, 1.54) is 7.11 Å². The van der Waals surface area contributed by atoms with Crippen LogP contribution >= 0.6 is 21.6 Å². The normalized spacial score (nSPS) is 11.3. The number of carboxylic acids is 1. The third-order valence-corrected chi connectivity index (χ3v) is 4.78. The van der Waals surface area contributed by atoms with Crippen LogP contribution in [0.4, 0.5) is 4.79 Å². The molecule has 2 N–H and O–H groups in total. The van der Waals surface area contributed by atoms with E-state index < -0.39 is 24.1 Å². The van der Waals surface area contributed by atoms with Gasteiger partial charge in [0, 0.05) is 5.75 Å². The molecule has 1 amide bonds. The summed E-state index contributed by atoms with van der Waals surface area (Å²) in [5.74, 6) is -1.37. The van der Waals surface area contributed by atoms with Gasteiger partial charge in [0.1, 0.15) is 18.4 Å². The number of amides is 1. The molecule has 1 aromatic rings. The maximum Gasteiger partial charge on any atom is 0.408 e. The molecule has 1 aromatic carbocycles. The van der Waals surface area contributed by atoms with E-state index in [-0.39, 0.29) is 18.1 Å². The minimum absolute atomic E-state index is 0.0588. The molecule has 0 aliphatic carbocycles. The van der Waals surface area contributed by atoms with Gasteiger partial charge in [-0.2, -0.15) is 0 Å². The molecule has 0 bridgehead atoms. The Morgan fingerprint density at radius 2 is 1.91 bits per heavy atom. The van der Waals surface area contributed by atoms with Gasteiger partial charge in [-0.3, -0.25) is 4.79 Å². The topological polar surface area (TPSA) is 102 Å². The van der Waals surface area contributed by atoms with Crippen molar-refractivity contribution in [1.82, 2.24) is 5.32 Å². The summed E-state index contributed by atoms with van der Waals surface area (Å²) in [5, 5.41) is 11.4. The minimum Gasteiger partial charge on any atom is -0.480 e. The lowest BCUT2D eigenvalue weighted by Gasteiger charge is -2.14. The van der Waals surface area contributed by atoms with Crippen molar-refractivity contribution in [3.8, 4) is 0 Å². The lowest BCUT2D eigenvalue weighted by molar-refractivity contribution is -0.139. The minimum atomic E-state index is -1.17. The quantitative estimate of drug-likeness (QED) is 0.392. The van der Waals surface area contributed by atoms with E-state index in [0.29, 0.717) is 0 Å². The average Bonchev–Trinajstić information content (AvgIpc) is 2.56. The molecule has 0 spiro atoms. The first-order valence-corrected chi connectivity index (χ1v) is 9.03. The third-order valence-electron chi connectivity index (χ3n) is 2.53. The Morgan fingerprint density at radius 3 is 2.52 bits per heavy atom. The van der Waals surface area contributed by atoms with Crippen LogP contribution in [0.15, 0.2) is 30.3 Å². The number of methoxy groups -OCH3 is 1. The third kappa shape index (κ3) is 8.36. The van der Waals surface area contributed by atoms with E-state index in [2.05, 4.69) is 10.1 Å². The largest absolute Gasteiger partial charge is 0.480 e. The van der Waals surface area contributed by atoms with Crippen molar-refractivity contribution in [2.75, 3.05) is 18.6 Å². The number of hydrogen-bond donors (Lipinski definition) is 2. The van der Waals surface area contributed by atoms with Crippen LogP contribution in [-0.2, 0) is 25.7 Å². The Balaban J connectivity index is 2.32. The maximum absolute atomic E-state index is 11.6. The molecule has 0 fully saturated rings. The molecule has 9 heteroatoms. The second-order valence-electron chi connectivity index (χ2n) is 4.22. The summed E-state index contributed by atoms with van der Waals surface area (Å²) < 4.78 is 9.43. The van der Waals surface area contributed by atoms with Gasteiger partial charge < -0.3 is 19.9 Å². The molecule has 126 valence electrons. The molecule has 0 aliphatic heterocycles. The second kappa shape index (κ2) is 10.8. The SMILES string of the molecule is COC(=O)CSSCC(NC(=O)OCc1ccccc1)C(=O)O. The summed E-state index contributed by atoms with van der Waals surface area (Å²) in [6, 6.07) is 7.95. The molecule has 0 radical (unpaired) electrons. The molecule has 7 nitrogen and oxygen atoms in total. The van der Waals surface area contributed by atoms with Crippen LogP contribution in [0.3, 0.4) is 0 Å². The summed E-state index contributed by atoms with van der Waals surface area (Å²) in [4.78, 5) is 33.7. The van der Waals surface area contributed by atoms with Crippen molar-refractivity contribution in [1.29, 1.82) is 0 Å². The summed E-state index contributed by atoms with van der Waals surface area (Å²) >= 11 is 0. The maximum atomic E-state index is 11.6. The van der Waals surface area contributed by atoms with Crippen molar-refractivity contribution >= 4 is 39.6 Å². The van der Waals surface area contributed by atoms with Crippen LogP contribution in [0, 0.1) is 0 Å². The Labute approximate surface area is 141 Å². The summed E-state index contributed by atoms with van der Waals surface area (Å²) in [6.45, 7) is 0.0588. The van der Waals surface area contributed by atoms with E-state index in [0.717, 1.165) is 27.2 Å². The molecular weight excluding hydrogens is 342 g/mol. The molecule has 23 heavy (non-hydrogen) atoms. The van der Waals surface area contributed by atoms with Gasteiger partial charge in [-0.15, -0.1) is 0 Å². The van der Waals surface area contributed by atoms with Gasteiger partial charge >= 0.3 is 18.0 Å². The number of carbonyl (C=O) groups is 3. The first-order chi connectivity index (χ1) is 11.0. The smallest absolute Gasteiger partial charge is 0.408 e. The van der Waals surface area contributed by atoms with Crippen molar-refractivity contribution < 1.29 is 29.0 Å². The van der Waals surface area contributed by atoms with Crippen molar-refractivity contribution in [2.45, 2.75) is 12.6 Å². The highest BCUT2D eigenvalue weighted by Crippen LogP contribution is 2.22. The van der Waals surface area contributed by atoms with E-state index in [9.17, 15) is 14.4 Å². The zero-order chi connectivity index (χ0) is 17.1. The fourth-order valence-corrected chi connectivity index (χ4v) is 3.34. The average molecular weight is 359 g/mol. The molecular formula is C14H17NO6S2. The Kier molecular flexibility index (Phi) is 9.00. The number of hydrogen-bond acceptors (Lipinski definition) is 7. The zero-order valence-electron chi connectivity index (χ0n) is 12.4. The zero-order valence-corrected chi connectivity index (χ0v) is 14.0. The van der Waals surface area contributed by atoms with E-state index in [1.54, 1.807) is 12.1 Å². The Morgan fingerprint density at radius 1 is 1.22 bits per heavy atom. The van der Waals surface area contributed by atoms with Crippen LogP contribution in [0.2, 0.25) is 0 Å². The Bertz CT molecular complexity index is 525. The van der Waals surface area contributed by atoms with Crippen molar-refractivity contribution in [3.63, 3.8) is 0 Å².